The van der Waals surface area contributed by atoms with E-state index in [1.54, 1.807) is 24.0 Å². The van der Waals surface area contributed by atoms with Gasteiger partial charge in [-0.15, -0.1) is 0 Å². The van der Waals surface area contributed by atoms with Gasteiger partial charge in [-0.1, -0.05) is 48.5 Å². The summed E-state index contributed by atoms with van der Waals surface area (Å²) in [5, 5.41) is 2.88. The van der Waals surface area contributed by atoms with Crippen molar-refractivity contribution in [1.82, 2.24) is 10.2 Å². The summed E-state index contributed by atoms with van der Waals surface area (Å²) >= 11 is 0. The molecule has 0 spiro atoms. The number of hydrogen-bond donors (Lipinski definition) is 1. The molecule has 0 aromatic heterocycles. The summed E-state index contributed by atoms with van der Waals surface area (Å²) in [7, 11) is 0. The predicted octanol–water partition coefficient (Wildman–Crippen LogP) is 3.03. The Balaban J connectivity index is 1.99. The van der Waals surface area contributed by atoms with Crippen LogP contribution in [0.25, 0.3) is 0 Å². The lowest BCUT2D eigenvalue weighted by Crippen LogP contribution is -2.49. The summed E-state index contributed by atoms with van der Waals surface area (Å²) in [5.41, 5.74) is 0.955. The van der Waals surface area contributed by atoms with E-state index in [1.165, 1.54) is 0 Å². The molecule has 2 aromatic rings. The van der Waals surface area contributed by atoms with E-state index in [0.717, 1.165) is 12.0 Å². The Morgan fingerprint density at radius 1 is 1.03 bits per heavy atom. The highest BCUT2D eigenvalue weighted by atomic mass is 16.5. The van der Waals surface area contributed by atoms with E-state index in [2.05, 4.69) is 5.32 Å². The normalized spacial score (nSPS) is 11.5. The summed E-state index contributed by atoms with van der Waals surface area (Å²) in [4.78, 5) is 27.0. The van der Waals surface area contributed by atoms with Gasteiger partial charge < -0.3 is 19.7 Å². The molecule has 6 heteroatoms. The molecule has 0 radical (unpaired) electrons. The van der Waals surface area contributed by atoms with Crippen molar-refractivity contribution in [2.24, 2.45) is 0 Å². The van der Waals surface area contributed by atoms with Crippen LogP contribution < -0.4 is 10.1 Å². The van der Waals surface area contributed by atoms with Crippen molar-refractivity contribution in [3.05, 3.63) is 66.2 Å². The summed E-state index contributed by atoms with van der Waals surface area (Å²) in [6.45, 7) is 5.65. The fourth-order valence-electron chi connectivity index (χ4n) is 2.79. The van der Waals surface area contributed by atoms with E-state index in [-0.39, 0.29) is 18.4 Å². The fraction of sp³-hybridized carbons (Fsp3) is 0.391. The molecule has 2 rings (SSSR count). The number of nitrogens with one attached hydrogen (secondary N) is 1. The van der Waals surface area contributed by atoms with Gasteiger partial charge in [0.05, 0.1) is 0 Å². The topological polar surface area (TPSA) is 67.9 Å². The predicted molar refractivity (Wildman–Crippen MR) is 113 cm³/mol. The van der Waals surface area contributed by atoms with Gasteiger partial charge in [-0.2, -0.15) is 0 Å². The minimum absolute atomic E-state index is 0.126. The molecule has 0 saturated carbocycles. The summed E-state index contributed by atoms with van der Waals surface area (Å²) in [6, 6.07) is 18.2. The number of rotatable bonds is 12. The SMILES string of the molecule is CCOCCCNC(=O)[C@H](C)N(Cc1ccccc1)C(=O)COc1ccccc1. The summed E-state index contributed by atoms with van der Waals surface area (Å²) in [6.07, 6.45) is 0.732. The molecular formula is C23H30N2O4. The minimum atomic E-state index is -0.617. The number of benzene rings is 2. The fourth-order valence-corrected chi connectivity index (χ4v) is 2.79. The van der Waals surface area contributed by atoms with E-state index in [0.29, 0.717) is 32.1 Å². The van der Waals surface area contributed by atoms with Crippen LogP contribution in [0.3, 0.4) is 0 Å². The van der Waals surface area contributed by atoms with Crippen LogP contribution in [0.15, 0.2) is 60.7 Å². The van der Waals surface area contributed by atoms with Crippen molar-refractivity contribution >= 4 is 11.8 Å². The van der Waals surface area contributed by atoms with Crippen molar-refractivity contribution in [1.29, 1.82) is 0 Å². The molecule has 0 aliphatic carbocycles. The van der Waals surface area contributed by atoms with Crippen LogP contribution in [-0.4, -0.2) is 49.1 Å². The van der Waals surface area contributed by atoms with E-state index < -0.39 is 6.04 Å². The molecule has 0 bridgehead atoms. The molecule has 0 heterocycles. The number of hydrogen-bond acceptors (Lipinski definition) is 4. The maximum Gasteiger partial charge on any atom is 0.261 e. The lowest BCUT2D eigenvalue weighted by atomic mass is 10.1. The highest BCUT2D eigenvalue weighted by Crippen LogP contribution is 2.12. The van der Waals surface area contributed by atoms with Crippen molar-refractivity contribution < 1.29 is 19.1 Å². The number of carbonyl (C=O) groups is 2. The number of carbonyl (C=O) groups excluding carboxylic acids is 2. The number of para-hydroxylation sites is 1. The average Bonchev–Trinajstić information content (AvgIpc) is 2.76. The van der Waals surface area contributed by atoms with Gasteiger partial charge in [0.2, 0.25) is 5.91 Å². The van der Waals surface area contributed by atoms with Gasteiger partial charge in [-0.3, -0.25) is 9.59 Å². The first-order valence-corrected chi connectivity index (χ1v) is 9.98. The van der Waals surface area contributed by atoms with Gasteiger partial charge in [0.25, 0.3) is 5.91 Å². The Bertz CT molecular complexity index is 737. The van der Waals surface area contributed by atoms with Gasteiger partial charge in [-0.05, 0) is 38.0 Å². The summed E-state index contributed by atoms with van der Waals surface area (Å²) in [5.74, 6) is 0.189. The standard InChI is InChI=1S/C23H30N2O4/c1-3-28-16-10-15-24-23(27)19(2)25(17-20-11-6-4-7-12-20)22(26)18-29-21-13-8-5-9-14-21/h4-9,11-14,19H,3,10,15-18H2,1-2H3,(H,24,27)/t19-/m0/s1. The first-order chi connectivity index (χ1) is 14.1. The smallest absolute Gasteiger partial charge is 0.261 e. The molecule has 0 aliphatic heterocycles. The number of ether oxygens (including phenoxy) is 2. The van der Waals surface area contributed by atoms with Crippen molar-refractivity contribution in [3.8, 4) is 5.75 Å². The molecule has 29 heavy (non-hydrogen) atoms. The number of amides is 2. The van der Waals surface area contributed by atoms with Crippen LogP contribution in [0.2, 0.25) is 0 Å². The highest BCUT2D eigenvalue weighted by molar-refractivity contribution is 5.87. The van der Waals surface area contributed by atoms with E-state index in [4.69, 9.17) is 9.47 Å². The molecule has 2 amide bonds. The lowest BCUT2D eigenvalue weighted by Gasteiger charge is -2.28. The minimum Gasteiger partial charge on any atom is -0.484 e. The Kier molecular flexibility index (Phi) is 9.72. The molecule has 0 saturated heterocycles. The molecule has 0 aliphatic rings. The third kappa shape index (κ3) is 7.95. The van der Waals surface area contributed by atoms with Crippen molar-refractivity contribution in [2.75, 3.05) is 26.4 Å². The third-order valence-electron chi connectivity index (χ3n) is 4.44. The second-order valence-corrected chi connectivity index (χ2v) is 6.63. The Morgan fingerprint density at radius 3 is 2.34 bits per heavy atom. The van der Waals surface area contributed by atoms with Gasteiger partial charge in [0, 0.05) is 26.3 Å². The Hall–Kier alpha value is -2.86. The van der Waals surface area contributed by atoms with Crippen LogP contribution in [0.1, 0.15) is 25.8 Å². The van der Waals surface area contributed by atoms with Crippen LogP contribution in [0, 0.1) is 0 Å². The van der Waals surface area contributed by atoms with Crippen LogP contribution in [0.5, 0.6) is 5.75 Å². The van der Waals surface area contributed by atoms with Crippen LogP contribution >= 0.6 is 0 Å². The maximum atomic E-state index is 12.9. The van der Waals surface area contributed by atoms with Gasteiger partial charge in [0.1, 0.15) is 11.8 Å². The molecule has 0 unspecified atom stereocenters. The van der Waals surface area contributed by atoms with Crippen LogP contribution in [0.4, 0.5) is 0 Å². The van der Waals surface area contributed by atoms with Crippen molar-refractivity contribution in [3.63, 3.8) is 0 Å². The van der Waals surface area contributed by atoms with Crippen LogP contribution in [-0.2, 0) is 20.9 Å². The first-order valence-electron chi connectivity index (χ1n) is 9.98. The Labute approximate surface area is 172 Å². The quantitative estimate of drug-likeness (QED) is 0.558. The van der Waals surface area contributed by atoms with Gasteiger partial charge >= 0.3 is 0 Å². The average molecular weight is 399 g/mol. The number of nitrogens with zero attached hydrogens (tertiary/aromatic N) is 1. The molecule has 0 fully saturated rings. The molecular weight excluding hydrogens is 368 g/mol. The molecule has 2 aromatic carbocycles. The zero-order chi connectivity index (χ0) is 20.9. The van der Waals surface area contributed by atoms with Gasteiger partial charge in [0.15, 0.2) is 6.61 Å². The second kappa shape index (κ2) is 12.6. The molecule has 6 nitrogen and oxygen atoms in total. The zero-order valence-electron chi connectivity index (χ0n) is 17.2. The van der Waals surface area contributed by atoms with Gasteiger partial charge in [-0.25, -0.2) is 0 Å². The molecule has 156 valence electrons. The van der Waals surface area contributed by atoms with E-state index in [9.17, 15) is 9.59 Å². The zero-order valence-corrected chi connectivity index (χ0v) is 17.2. The molecule has 1 atom stereocenters. The first kappa shape index (κ1) is 22.4. The lowest BCUT2D eigenvalue weighted by molar-refractivity contribution is -0.142. The Morgan fingerprint density at radius 2 is 1.69 bits per heavy atom. The maximum absolute atomic E-state index is 12.9. The van der Waals surface area contributed by atoms with E-state index in [1.807, 2.05) is 55.5 Å². The third-order valence-corrected chi connectivity index (χ3v) is 4.44. The highest BCUT2D eigenvalue weighted by Gasteiger charge is 2.26. The summed E-state index contributed by atoms with van der Waals surface area (Å²) < 4.78 is 10.9. The van der Waals surface area contributed by atoms with Crippen molar-refractivity contribution in [2.45, 2.75) is 32.9 Å². The van der Waals surface area contributed by atoms with E-state index >= 15 is 0 Å². The molecule has 1 N–H and O–H groups in total. The second-order valence-electron chi connectivity index (χ2n) is 6.63. The monoisotopic (exact) mass is 398 g/mol. The largest absolute Gasteiger partial charge is 0.484 e.